The van der Waals surface area contributed by atoms with E-state index in [1.807, 2.05) is 78.9 Å². The van der Waals surface area contributed by atoms with E-state index < -0.39 is 5.97 Å². The van der Waals surface area contributed by atoms with Crippen molar-refractivity contribution in [2.24, 2.45) is 5.92 Å². The van der Waals surface area contributed by atoms with Crippen LogP contribution >= 0.6 is 0 Å². The normalized spacial score (nSPS) is 12.4. The van der Waals surface area contributed by atoms with Crippen LogP contribution in [0.5, 0.6) is 11.5 Å². The second-order valence-corrected chi connectivity index (χ2v) is 10.2. The van der Waals surface area contributed by atoms with Crippen molar-refractivity contribution in [3.8, 4) is 22.6 Å². The van der Waals surface area contributed by atoms with Crippen molar-refractivity contribution >= 4 is 27.5 Å². The Balaban J connectivity index is 0.000000190. The van der Waals surface area contributed by atoms with Crippen molar-refractivity contribution in [1.29, 1.82) is 0 Å². The first-order chi connectivity index (χ1) is 19.4. The van der Waals surface area contributed by atoms with Crippen LogP contribution in [0.4, 0.5) is 0 Å². The minimum atomic E-state index is -0.706. The van der Waals surface area contributed by atoms with Gasteiger partial charge in [-0.05, 0) is 65.0 Å². The predicted octanol–water partition coefficient (Wildman–Crippen LogP) is 8.30. The Morgan fingerprint density at radius 2 is 1.23 bits per heavy atom. The fourth-order valence-corrected chi connectivity index (χ4v) is 5.18. The first kappa shape index (κ1) is 28.7. The van der Waals surface area contributed by atoms with E-state index in [1.54, 1.807) is 12.1 Å². The van der Waals surface area contributed by atoms with Gasteiger partial charge < -0.3 is 20.6 Å². The third-order valence-electron chi connectivity index (χ3n) is 7.24. The molecule has 0 aliphatic rings. The standard InChI is InChI=1S/C20H14O2.C15H23NO2/c21-17-11-9-13-5-1-3-7-15(13)19(17)20-16-8-4-2-6-14(16)10-12-18(20)22;1-3-7-13(10-15(17)18)11-16-12(2)14-8-5-4-6-9-14/h1-12,21-22H;4-6,8-9,12-13,16H,3,7,10-11H2,1-2H3,(H,17,18)/t;12?,13-/m.0/s1. The van der Waals surface area contributed by atoms with Crippen LogP contribution < -0.4 is 5.32 Å². The van der Waals surface area contributed by atoms with E-state index in [1.165, 1.54) is 5.56 Å². The highest BCUT2D eigenvalue weighted by Crippen LogP contribution is 2.44. The Kier molecular flexibility index (Phi) is 9.76. The summed E-state index contributed by atoms with van der Waals surface area (Å²) in [5.41, 5.74) is 2.59. The van der Waals surface area contributed by atoms with E-state index in [0.29, 0.717) is 11.1 Å². The summed E-state index contributed by atoms with van der Waals surface area (Å²) in [6.07, 6.45) is 2.24. The lowest BCUT2D eigenvalue weighted by Crippen LogP contribution is -2.27. The lowest BCUT2D eigenvalue weighted by Gasteiger charge is -2.19. The second kappa shape index (κ2) is 13.6. The van der Waals surface area contributed by atoms with Gasteiger partial charge in [-0.15, -0.1) is 0 Å². The van der Waals surface area contributed by atoms with E-state index in [-0.39, 0.29) is 29.9 Å². The molecule has 0 aliphatic carbocycles. The number of hydrogen-bond acceptors (Lipinski definition) is 4. The lowest BCUT2D eigenvalue weighted by molar-refractivity contribution is -0.138. The summed E-state index contributed by atoms with van der Waals surface area (Å²) in [5, 5.41) is 37.1. The zero-order chi connectivity index (χ0) is 28.5. The number of aromatic hydroxyl groups is 2. The van der Waals surface area contributed by atoms with Gasteiger partial charge in [0.15, 0.2) is 0 Å². The maximum absolute atomic E-state index is 10.8. The van der Waals surface area contributed by atoms with E-state index in [0.717, 1.165) is 40.9 Å². The predicted molar refractivity (Wildman–Crippen MR) is 164 cm³/mol. The number of rotatable bonds is 9. The molecule has 4 N–H and O–H groups in total. The van der Waals surface area contributed by atoms with E-state index in [9.17, 15) is 15.0 Å². The van der Waals surface area contributed by atoms with Crippen molar-refractivity contribution < 1.29 is 20.1 Å². The van der Waals surface area contributed by atoms with Gasteiger partial charge in [-0.3, -0.25) is 4.79 Å². The quantitative estimate of drug-likeness (QED) is 0.152. The van der Waals surface area contributed by atoms with Crippen LogP contribution in [0.25, 0.3) is 32.7 Å². The molecule has 0 aliphatic heterocycles. The molecule has 206 valence electrons. The maximum Gasteiger partial charge on any atom is 0.303 e. The van der Waals surface area contributed by atoms with Gasteiger partial charge in [0.05, 0.1) is 0 Å². The molecular weight excluding hydrogens is 498 g/mol. The fourth-order valence-electron chi connectivity index (χ4n) is 5.18. The van der Waals surface area contributed by atoms with Gasteiger partial charge in [0.25, 0.3) is 0 Å². The Morgan fingerprint density at radius 1 is 0.725 bits per heavy atom. The summed E-state index contributed by atoms with van der Waals surface area (Å²) in [7, 11) is 0. The fraction of sp³-hybridized carbons (Fsp3) is 0.229. The van der Waals surface area contributed by atoms with Crippen molar-refractivity contribution in [3.63, 3.8) is 0 Å². The zero-order valence-electron chi connectivity index (χ0n) is 23.0. The number of fused-ring (bicyclic) bond motifs is 2. The SMILES string of the molecule is CCC[C@H](CNC(C)c1ccccc1)CC(=O)O.Oc1ccc2ccccc2c1-c1c(O)ccc2ccccc12. The minimum Gasteiger partial charge on any atom is -0.507 e. The molecule has 0 amide bonds. The average Bonchev–Trinajstić information content (AvgIpc) is 2.97. The summed E-state index contributed by atoms with van der Waals surface area (Å²) >= 11 is 0. The first-order valence-corrected chi connectivity index (χ1v) is 13.8. The Bertz CT molecular complexity index is 1480. The molecule has 1 unspecified atom stereocenters. The molecule has 2 atom stereocenters. The lowest BCUT2D eigenvalue weighted by atomic mass is 9.92. The minimum absolute atomic E-state index is 0.172. The van der Waals surface area contributed by atoms with Crippen LogP contribution in [0.3, 0.4) is 0 Å². The summed E-state index contributed by atoms with van der Waals surface area (Å²) in [6, 6.07) is 33.3. The largest absolute Gasteiger partial charge is 0.507 e. The highest BCUT2D eigenvalue weighted by atomic mass is 16.4. The van der Waals surface area contributed by atoms with Gasteiger partial charge >= 0.3 is 5.97 Å². The molecule has 0 saturated carbocycles. The molecule has 0 saturated heterocycles. The molecule has 0 radical (unpaired) electrons. The van der Waals surface area contributed by atoms with Crippen LogP contribution in [0, 0.1) is 5.92 Å². The van der Waals surface area contributed by atoms with Gasteiger partial charge in [-0.1, -0.05) is 104 Å². The Morgan fingerprint density at radius 3 is 1.73 bits per heavy atom. The number of nitrogens with one attached hydrogen (secondary N) is 1. The monoisotopic (exact) mass is 535 g/mol. The number of aliphatic carboxylic acids is 1. The molecule has 5 aromatic carbocycles. The topological polar surface area (TPSA) is 89.8 Å². The highest BCUT2D eigenvalue weighted by molar-refractivity contribution is 6.09. The van der Waals surface area contributed by atoms with Crippen molar-refractivity contribution in [2.75, 3.05) is 6.54 Å². The molecule has 0 aromatic heterocycles. The number of hydrogen-bond donors (Lipinski definition) is 4. The van der Waals surface area contributed by atoms with Crippen LogP contribution in [0.2, 0.25) is 0 Å². The molecule has 0 heterocycles. The van der Waals surface area contributed by atoms with Crippen molar-refractivity contribution in [3.05, 3.63) is 109 Å². The van der Waals surface area contributed by atoms with Crippen LogP contribution in [-0.4, -0.2) is 27.8 Å². The molecule has 5 nitrogen and oxygen atoms in total. The molecule has 5 rings (SSSR count). The smallest absolute Gasteiger partial charge is 0.303 e. The van der Waals surface area contributed by atoms with E-state index in [2.05, 4.69) is 31.3 Å². The van der Waals surface area contributed by atoms with Crippen LogP contribution in [0.15, 0.2) is 103 Å². The van der Waals surface area contributed by atoms with Gasteiger partial charge in [0.1, 0.15) is 11.5 Å². The molecule has 5 aromatic rings. The van der Waals surface area contributed by atoms with Crippen LogP contribution in [0.1, 0.15) is 44.7 Å². The summed E-state index contributed by atoms with van der Waals surface area (Å²) in [6.45, 7) is 4.96. The molecular formula is C35H37NO4. The van der Waals surface area contributed by atoms with Crippen molar-refractivity contribution in [2.45, 2.75) is 39.2 Å². The molecule has 0 bridgehead atoms. The van der Waals surface area contributed by atoms with Crippen molar-refractivity contribution in [1.82, 2.24) is 5.32 Å². The van der Waals surface area contributed by atoms with Gasteiger partial charge in [0.2, 0.25) is 0 Å². The van der Waals surface area contributed by atoms with Gasteiger partial charge in [-0.25, -0.2) is 0 Å². The van der Waals surface area contributed by atoms with E-state index in [4.69, 9.17) is 5.11 Å². The van der Waals surface area contributed by atoms with Gasteiger partial charge in [-0.2, -0.15) is 0 Å². The zero-order valence-corrected chi connectivity index (χ0v) is 23.0. The molecule has 0 spiro atoms. The van der Waals surface area contributed by atoms with Crippen LogP contribution in [-0.2, 0) is 4.79 Å². The number of carboxylic acids is 1. The number of phenols is 2. The number of carbonyl (C=O) groups is 1. The maximum atomic E-state index is 10.8. The number of benzene rings is 5. The van der Waals surface area contributed by atoms with Gasteiger partial charge in [0, 0.05) is 23.6 Å². The molecule has 0 fully saturated rings. The summed E-state index contributed by atoms with van der Waals surface area (Å²) < 4.78 is 0. The Hall–Kier alpha value is -4.35. The highest BCUT2D eigenvalue weighted by Gasteiger charge is 2.16. The summed E-state index contributed by atoms with van der Waals surface area (Å²) in [5.74, 6) is -0.142. The molecule has 40 heavy (non-hydrogen) atoms. The average molecular weight is 536 g/mol. The second-order valence-electron chi connectivity index (χ2n) is 10.2. The third-order valence-corrected chi connectivity index (χ3v) is 7.24. The van der Waals surface area contributed by atoms with E-state index >= 15 is 0 Å². The third kappa shape index (κ3) is 6.99. The molecule has 5 heteroatoms. The Labute approximate surface area is 235 Å². The summed E-state index contributed by atoms with van der Waals surface area (Å²) in [4.78, 5) is 10.8. The first-order valence-electron chi connectivity index (χ1n) is 13.8. The number of phenolic OH excluding ortho intramolecular Hbond substituents is 2. The number of carboxylic acid groups (broad SMARTS) is 1.